The molecule has 338 valence electrons. The lowest BCUT2D eigenvalue weighted by Crippen LogP contribution is -2.37. The maximum atomic E-state index is 12.7. The number of esters is 1. The Morgan fingerprint density at radius 1 is 0.544 bits per heavy atom. The maximum Gasteiger partial charge on any atom is 0.306 e. The fraction of sp³-hybridized carbons (Fsp3) is 0.896. The van der Waals surface area contributed by atoms with Crippen molar-refractivity contribution in [3.63, 3.8) is 0 Å². The highest BCUT2D eigenvalue weighted by Crippen LogP contribution is 2.38. The van der Waals surface area contributed by atoms with Crippen LogP contribution in [0.15, 0.2) is 24.5 Å². The van der Waals surface area contributed by atoms with Crippen molar-refractivity contribution in [1.82, 2.24) is 0 Å². The summed E-state index contributed by atoms with van der Waals surface area (Å²) in [5.74, 6) is -0.354. The highest BCUT2D eigenvalue weighted by molar-refractivity contribution is 7.45. The van der Waals surface area contributed by atoms with Gasteiger partial charge in [0, 0.05) is 6.42 Å². The van der Waals surface area contributed by atoms with Gasteiger partial charge in [-0.3, -0.25) is 9.36 Å². The summed E-state index contributed by atoms with van der Waals surface area (Å²) < 4.78 is 34.4. The molecule has 0 rings (SSSR count). The summed E-state index contributed by atoms with van der Waals surface area (Å²) in [6, 6.07) is 0. The van der Waals surface area contributed by atoms with Crippen molar-refractivity contribution in [2.45, 2.75) is 232 Å². The van der Waals surface area contributed by atoms with Crippen LogP contribution >= 0.6 is 7.82 Å². The Morgan fingerprint density at radius 2 is 0.930 bits per heavy atom. The minimum absolute atomic E-state index is 0.0184. The van der Waals surface area contributed by atoms with E-state index in [9.17, 15) is 14.3 Å². The average molecular weight is 828 g/mol. The Hall–Kier alpha value is -1.18. The number of hydrogen-bond donors (Lipinski definition) is 0. The highest BCUT2D eigenvalue weighted by Gasteiger charge is 2.20. The van der Waals surface area contributed by atoms with Gasteiger partial charge in [-0.2, -0.15) is 0 Å². The van der Waals surface area contributed by atoms with Crippen LogP contribution < -0.4 is 4.89 Å². The van der Waals surface area contributed by atoms with Crippen LogP contribution in [0.3, 0.4) is 0 Å². The molecular formula is C48H94NO7P. The molecule has 0 aromatic heterocycles. The zero-order valence-corrected chi connectivity index (χ0v) is 39.2. The molecule has 0 aliphatic carbocycles. The number of carbonyl (C=O) groups excluding carboxylic acids is 1. The highest BCUT2D eigenvalue weighted by atomic mass is 31.2. The molecule has 0 spiro atoms. The van der Waals surface area contributed by atoms with Gasteiger partial charge in [0.25, 0.3) is 7.82 Å². The molecule has 0 saturated heterocycles. The maximum absolute atomic E-state index is 12.7. The quantitative estimate of drug-likeness (QED) is 0.0151. The number of ether oxygens (including phenoxy) is 2. The van der Waals surface area contributed by atoms with Gasteiger partial charge in [-0.1, -0.05) is 187 Å². The van der Waals surface area contributed by atoms with Gasteiger partial charge in [0.05, 0.1) is 34.0 Å². The second-order valence-corrected chi connectivity index (χ2v) is 19.0. The van der Waals surface area contributed by atoms with Crippen LogP contribution in [0.5, 0.6) is 0 Å². The molecule has 0 aromatic carbocycles. The first kappa shape index (κ1) is 55.8. The van der Waals surface area contributed by atoms with Crippen molar-refractivity contribution in [3.05, 3.63) is 24.5 Å². The van der Waals surface area contributed by atoms with Gasteiger partial charge in [-0.25, -0.2) is 0 Å². The standard InChI is InChI=1S/C48H94NO7P/c1-6-8-10-12-14-16-18-20-22-23-24-25-26-27-28-29-31-33-35-37-39-41-48(50)56-47(46-55-57(51,52)54-44-42-49(3,4)5)45-53-43-40-38-36-34-32-30-21-19-17-15-13-11-9-7-2/h20,22,40,43,47H,6-19,21,23-39,41-42,44-46H2,1-5H3/b22-20+,43-40+/t47-/m1/s1. The Labute approximate surface area is 353 Å². The predicted molar refractivity (Wildman–Crippen MR) is 240 cm³/mol. The molecule has 0 aromatic rings. The molecule has 9 heteroatoms. The molecule has 0 N–H and O–H groups in total. The Bertz CT molecular complexity index is 967. The average Bonchev–Trinajstić information content (AvgIpc) is 3.16. The van der Waals surface area contributed by atoms with E-state index in [4.69, 9.17) is 18.5 Å². The topological polar surface area (TPSA) is 94.1 Å². The molecule has 0 bridgehead atoms. The summed E-state index contributed by atoms with van der Waals surface area (Å²) in [6.45, 7) is 4.76. The van der Waals surface area contributed by atoms with E-state index in [0.29, 0.717) is 17.4 Å². The van der Waals surface area contributed by atoms with Gasteiger partial charge >= 0.3 is 5.97 Å². The number of phosphoric acid groups is 1. The van der Waals surface area contributed by atoms with Gasteiger partial charge in [0.1, 0.15) is 19.8 Å². The van der Waals surface area contributed by atoms with E-state index in [2.05, 4.69) is 26.0 Å². The second kappa shape index (κ2) is 41.5. The monoisotopic (exact) mass is 828 g/mol. The summed E-state index contributed by atoms with van der Waals surface area (Å²) in [5.41, 5.74) is 0. The molecule has 0 amide bonds. The molecule has 0 aliphatic heterocycles. The first-order valence-corrected chi connectivity index (χ1v) is 25.6. The van der Waals surface area contributed by atoms with E-state index in [0.717, 1.165) is 32.1 Å². The Kier molecular flexibility index (Phi) is 40.7. The van der Waals surface area contributed by atoms with E-state index in [1.54, 1.807) is 6.26 Å². The summed E-state index contributed by atoms with van der Waals surface area (Å²) in [5, 5.41) is 0. The second-order valence-electron chi connectivity index (χ2n) is 17.5. The number of hydrogen-bond acceptors (Lipinski definition) is 7. The van der Waals surface area contributed by atoms with Crippen LogP contribution in [0, 0.1) is 0 Å². The van der Waals surface area contributed by atoms with Crippen LogP contribution in [-0.4, -0.2) is 64.1 Å². The van der Waals surface area contributed by atoms with Gasteiger partial charge in [0.15, 0.2) is 6.10 Å². The van der Waals surface area contributed by atoms with Crippen LogP contribution in [0.2, 0.25) is 0 Å². The number of phosphoric ester groups is 1. The molecule has 1 unspecified atom stereocenters. The van der Waals surface area contributed by atoms with Crippen molar-refractivity contribution in [2.75, 3.05) is 47.5 Å². The number of unbranched alkanes of at least 4 members (excludes halogenated alkanes) is 29. The van der Waals surface area contributed by atoms with Crippen molar-refractivity contribution < 1.29 is 37.3 Å². The van der Waals surface area contributed by atoms with Gasteiger partial charge in [-0.15, -0.1) is 0 Å². The van der Waals surface area contributed by atoms with Crippen molar-refractivity contribution in [1.29, 1.82) is 0 Å². The largest absolute Gasteiger partial charge is 0.756 e. The zero-order valence-electron chi connectivity index (χ0n) is 38.3. The van der Waals surface area contributed by atoms with Gasteiger partial charge < -0.3 is 27.9 Å². The first-order valence-electron chi connectivity index (χ1n) is 24.1. The lowest BCUT2D eigenvalue weighted by molar-refractivity contribution is -0.870. The molecule has 0 fully saturated rings. The normalized spacial score (nSPS) is 13.8. The lowest BCUT2D eigenvalue weighted by Gasteiger charge is -2.28. The Balaban J connectivity index is 4.17. The molecule has 57 heavy (non-hydrogen) atoms. The fourth-order valence-electron chi connectivity index (χ4n) is 6.80. The van der Waals surface area contributed by atoms with E-state index in [1.807, 2.05) is 27.2 Å². The third kappa shape index (κ3) is 45.7. The number of nitrogens with zero attached hydrogens (tertiary/aromatic N) is 1. The number of carbonyl (C=O) groups is 1. The third-order valence-electron chi connectivity index (χ3n) is 10.6. The fourth-order valence-corrected chi connectivity index (χ4v) is 7.53. The van der Waals surface area contributed by atoms with Gasteiger partial charge in [0.2, 0.25) is 0 Å². The third-order valence-corrected chi connectivity index (χ3v) is 11.5. The summed E-state index contributed by atoms with van der Waals surface area (Å²) in [7, 11) is 1.33. The minimum Gasteiger partial charge on any atom is -0.756 e. The zero-order chi connectivity index (χ0) is 42.0. The first-order chi connectivity index (χ1) is 27.6. The molecule has 0 heterocycles. The summed E-state index contributed by atoms with van der Waals surface area (Å²) >= 11 is 0. The van der Waals surface area contributed by atoms with E-state index in [1.165, 1.54) is 173 Å². The number of quaternary nitrogens is 1. The van der Waals surface area contributed by atoms with E-state index in [-0.39, 0.29) is 25.8 Å². The SMILES string of the molecule is CCCCCCCC/C=C/CCCCCCCCCCCCCC(=O)O[C@H](CO/C=C/CCCCCCCCCCCCCC)COP(=O)([O-])OCC[N+](C)(C)C. The predicted octanol–water partition coefficient (Wildman–Crippen LogP) is 14.1. The van der Waals surface area contributed by atoms with Crippen LogP contribution in [0.1, 0.15) is 226 Å². The number of rotatable bonds is 45. The van der Waals surface area contributed by atoms with E-state index < -0.39 is 13.9 Å². The molecule has 8 nitrogen and oxygen atoms in total. The van der Waals surface area contributed by atoms with Crippen LogP contribution in [-0.2, 0) is 27.9 Å². The minimum atomic E-state index is -4.54. The smallest absolute Gasteiger partial charge is 0.306 e. The van der Waals surface area contributed by atoms with Crippen molar-refractivity contribution >= 4 is 13.8 Å². The summed E-state index contributed by atoms with van der Waals surface area (Å²) in [4.78, 5) is 25.1. The Morgan fingerprint density at radius 3 is 1.35 bits per heavy atom. The number of allylic oxidation sites excluding steroid dienone is 3. The van der Waals surface area contributed by atoms with Crippen LogP contribution in [0.4, 0.5) is 0 Å². The van der Waals surface area contributed by atoms with Crippen molar-refractivity contribution in [3.8, 4) is 0 Å². The molecule has 2 atom stereocenters. The number of likely N-dealkylation sites (N-methyl/N-ethyl adjacent to an activating group) is 1. The van der Waals surface area contributed by atoms with Crippen LogP contribution in [0.25, 0.3) is 0 Å². The molecular weight excluding hydrogens is 734 g/mol. The lowest BCUT2D eigenvalue weighted by atomic mass is 10.0. The van der Waals surface area contributed by atoms with Gasteiger partial charge in [-0.05, 0) is 51.0 Å². The molecule has 0 saturated carbocycles. The van der Waals surface area contributed by atoms with E-state index >= 15 is 0 Å². The molecule has 0 radical (unpaired) electrons. The van der Waals surface area contributed by atoms with Crippen molar-refractivity contribution in [2.24, 2.45) is 0 Å². The molecule has 0 aliphatic rings. The summed E-state index contributed by atoms with van der Waals surface area (Å²) in [6.07, 6.45) is 48.6.